The lowest BCUT2D eigenvalue weighted by Gasteiger charge is -2.31. The van der Waals surface area contributed by atoms with Gasteiger partial charge in [0.15, 0.2) is 0 Å². The Kier molecular flexibility index (Phi) is 5.74. The molecule has 0 unspecified atom stereocenters. The maximum Gasteiger partial charge on any atom is 0.254 e. The van der Waals surface area contributed by atoms with Crippen molar-refractivity contribution in [2.75, 3.05) is 6.54 Å². The van der Waals surface area contributed by atoms with Crippen molar-refractivity contribution in [3.8, 4) is 0 Å². The Morgan fingerprint density at radius 1 is 1.07 bits per heavy atom. The van der Waals surface area contributed by atoms with Crippen LogP contribution in [0, 0.1) is 0 Å². The summed E-state index contributed by atoms with van der Waals surface area (Å²) in [6.45, 7) is 2.92. The molecule has 1 N–H and O–H groups in total. The van der Waals surface area contributed by atoms with Crippen LogP contribution >= 0.6 is 0 Å². The summed E-state index contributed by atoms with van der Waals surface area (Å²) in [5.74, 6) is 0.297. The molecule has 0 aromatic heterocycles. The first kappa shape index (κ1) is 20.1. The number of likely N-dealkylation sites (tertiary alicyclic amines) is 1. The van der Waals surface area contributed by atoms with Crippen LogP contribution in [-0.2, 0) is 10.0 Å². The van der Waals surface area contributed by atoms with E-state index < -0.39 is 10.0 Å². The second-order valence-electron chi connectivity index (χ2n) is 8.05. The lowest BCUT2D eigenvalue weighted by Crippen LogP contribution is -2.39. The second-order valence-corrected chi connectivity index (χ2v) is 9.77. The lowest BCUT2D eigenvalue weighted by atomic mass is 9.87. The van der Waals surface area contributed by atoms with Gasteiger partial charge in [-0.2, -0.15) is 0 Å². The minimum atomic E-state index is -3.50. The van der Waals surface area contributed by atoms with E-state index in [9.17, 15) is 13.2 Å². The third kappa shape index (κ3) is 4.38. The number of rotatable bonds is 7. The van der Waals surface area contributed by atoms with Crippen LogP contribution < -0.4 is 4.72 Å². The fourth-order valence-electron chi connectivity index (χ4n) is 4.32. The highest BCUT2D eigenvalue weighted by atomic mass is 32.2. The highest BCUT2D eigenvalue weighted by molar-refractivity contribution is 7.89. The lowest BCUT2D eigenvalue weighted by molar-refractivity contribution is 0.0714. The third-order valence-electron chi connectivity index (χ3n) is 6.00. The molecule has 2 fully saturated rings. The van der Waals surface area contributed by atoms with Crippen LogP contribution in [0.2, 0.25) is 0 Å². The van der Waals surface area contributed by atoms with Crippen molar-refractivity contribution in [3.05, 3.63) is 65.7 Å². The Hall–Kier alpha value is -2.18. The molecule has 2 aromatic carbocycles. The van der Waals surface area contributed by atoms with E-state index in [2.05, 4.69) is 23.8 Å². The van der Waals surface area contributed by atoms with Crippen LogP contribution in [0.5, 0.6) is 0 Å². The van der Waals surface area contributed by atoms with Crippen LogP contribution in [0.15, 0.2) is 59.5 Å². The highest BCUT2D eigenvalue weighted by Gasteiger charge is 2.35. The van der Waals surface area contributed by atoms with Crippen LogP contribution in [0.1, 0.15) is 60.9 Å². The minimum Gasteiger partial charge on any atom is -0.335 e. The second kappa shape index (κ2) is 8.28. The average Bonchev–Trinajstić information content (AvgIpc) is 3.41. The molecule has 1 saturated carbocycles. The van der Waals surface area contributed by atoms with Crippen molar-refractivity contribution in [2.45, 2.75) is 61.9 Å². The van der Waals surface area contributed by atoms with E-state index in [1.165, 1.54) is 17.7 Å². The molecule has 2 aliphatic rings. The minimum absolute atomic E-state index is 0.0130. The summed E-state index contributed by atoms with van der Waals surface area (Å²) in [4.78, 5) is 15.4. The first-order chi connectivity index (χ1) is 14.0. The fraction of sp³-hybridized carbons (Fsp3) is 0.435. The van der Waals surface area contributed by atoms with Gasteiger partial charge in [0.05, 0.1) is 4.90 Å². The van der Waals surface area contributed by atoms with Crippen molar-refractivity contribution in [2.24, 2.45) is 0 Å². The molecule has 4 rings (SSSR count). The van der Waals surface area contributed by atoms with E-state index in [1.807, 2.05) is 23.1 Å². The molecule has 0 radical (unpaired) electrons. The molecule has 0 bridgehead atoms. The average molecular weight is 413 g/mol. The molecule has 1 heterocycles. The van der Waals surface area contributed by atoms with Crippen molar-refractivity contribution < 1.29 is 13.2 Å². The van der Waals surface area contributed by atoms with Crippen LogP contribution in [-0.4, -0.2) is 37.9 Å². The summed E-state index contributed by atoms with van der Waals surface area (Å²) in [7, 11) is -3.50. The van der Waals surface area contributed by atoms with E-state index in [1.54, 1.807) is 12.1 Å². The molecule has 5 nitrogen and oxygen atoms in total. The molecule has 1 amide bonds. The Morgan fingerprint density at radius 2 is 1.76 bits per heavy atom. The molecule has 2 atom stereocenters. The van der Waals surface area contributed by atoms with Gasteiger partial charge in [0.25, 0.3) is 5.91 Å². The Balaban J connectivity index is 1.52. The van der Waals surface area contributed by atoms with Gasteiger partial charge in [-0.1, -0.05) is 37.3 Å². The molecule has 0 spiro atoms. The molecule has 154 valence electrons. The SMILES string of the molecule is CC[C@H](c1ccccc1)[C@@H]1CCCN1C(=O)c1ccc(S(=O)(=O)NC2CC2)cc1. The molecular formula is C23H28N2O3S. The van der Waals surface area contributed by atoms with Gasteiger partial charge in [-0.05, 0) is 61.9 Å². The molecule has 1 aliphatic heterocycles. The Morgan fingerprint density at radius 3 is 2.38 bits per heavy atom. The fourth-order valence-corrected chi connectivity index (χ4v) is 5.63. The summed E-state index contributed by atoms with van der Waals surface area (Å²) in [6, 6.07) is 17.0. The predicted molar refractivity (Wildman–Crippen MR) is 113 cm³/mol. The van der Waals surface area contributed by atoms with Gasteiger partial charge in [0.2, 0.25) is 10.0 Å². The first-order valence-electron chi connectivity index (χ1n) is 10.5. The molecule has 1 aliphatic carbocycles. The topological polar surface area (TPSA) is 66.5 Å². The largest absolute Gasteiger partial charge is 0.335 e. The van der Waals surface area contributed by atoms with E-state index >= 15 is 0 Å². The number of hydrogen-bond acceptors (Lipinski definition) is 3. The van der Waals surface area contributed by atoms with E-state index in [4.69, 9.17) is 0 Å². The summed E-state index contributed by atoms with van der Waals surface area (Å²) in [5.41, 5.74) is 1.82. The quantitative estimate of drug-likeness (QED) is 0.749. The van der Waals surface area contributed by atoms with Gasteiger partial charge in [-0.25, -0.2) is 13.1 Å². The zero-order valence-corrected chi connectivity index (χ0v) is 17.6. The number of nitrogens with one attached hydrogen (secondary N) is 1. The van der Waals surface area contributed by atoms with Gasteiger partial charge in [0.1, 0.15) is 0 Å². The van der Waals surface area contributed by atoms with Crippen molar-refractivity contribution in [3.63, 3.8) is 0 Å². The third-order valence-corrected chi connectivity index (χ3v) is 7.54. The van der Waals surface area contributed by atoms with Gasteiger partial charge < -0.3 is 4.90 Å². The van der Waals surface area contributed by atoms with Gasteiger partial charge >= 0.3 is 0 Å². The number of sulfonamides is 1. The molecule has 6 heteroatoms. The normalized spacial score (nSPS) is 20.6. The Labute approximate surface area is 173 Å². The van der Waals surface area contributed by atoms with E-state index in [0.29, 0.717) is 11.5 Å². The van der Waals surface area contributed by atoms with Gasteiger partial charge in [-0.3, -0.25) is 4.79 Å². The summed E-state index contributed by atoms with van der Waals surface area (Å²) >= 11 is 0. The van der Waals surface area contributed by atoms with Crippen molar-refractivity contribution >= 4 is 15.9 Å². The van der Waals surface area contributed by atoms with Gasteiger partial charge in [0, 0.05) is 30.1 Å². The monoisotopic (exact) mass is 412 g/mol. The van der Waals surface area contributed by atoms with Crippen molar-refractivity contribution in [1.29, 1.82) is 0 Å². The number of hydrogen-bond donors (Lipinski definition) is 1. The summed E-state index contributed by atoms with van der Waals surface area (Å²) in [6.07, 6.45) is 4.76. The molecule has 29 heavy (non-hydrogen) atoms. The van der Waals surface area contributed by atoms with Crippen molar-refractivity contribution in [1.82, 2.24) is 9.62 Å². The number of carbonyl (C=O) groups excluding carboxylic acids is 1. The van der Waals surface area contributed by atoms with Crippen LogP contribution in [0.4, 0.5) is 0 Å². The summed E-state index contributed by atoms with van der Waals surface area (Å²) in [5, 5.41) is 0. The number of amides is 1. The zero-order valence-electron chi connectivity index (χ0n) is 16.8. The number of benzene rings is 2. The number of nitrogens with zero attached hydrogens (tertiary/aromatic N) is 1. The number of carbonyl (C=O) groups is 1. The zero-order chi connectivity index (χ0) is 20.4. The maximum absolute atomic E-state index is 13.2. The molecule has 2 aromatic rings. The van der Waals surface area contributed by atoms with Crippen LogP contribution in [0.25, 0.3) is 0 Å². The first-order valence-corrected chi connectivity index (χ1v) is 12.0. The summed E-state index contributed by atoms with van der Waals surface area (Å²) < 4.78 is 27.4. The molecular weight excluding hydrogens is 384 g/mol. The highest BCUT2D eigenvalue weighted by Crippen LogP contribution is 2.34. The van der Waals surface area contributed by atoms with E-state index in [-0.39, 0.29) is 22.9 Å². The van der Waals surface area contributed by atoms with Crippen LogP contribution in [0.3, 0.4) is 0 Å². The Bertz CT molecular complexity index is 953. The van der Waals surface area contributed by atoms with Gasteiger partial charge in [-0.15, -0.1) is 0 Å². The van der Waals surface area contributed by atoms with E-state index in [0.717, 1.165) is 38.6 Å². The standard InChI is InChI=1S/C23H28N2O3S/c1-2-21(17-7-4-3-5-8-17)22-9-6-16-25(22)23(26)18-10-14-20(15-11-18)29(27,28)24-19-12-13-19/h3-5,7-8,10-11,14-15,19,21-22,24H,2,6,9,12-13,16H2,1H3/t21-,22+/m1/s1. The maximum atomic E-state index is 13.2. The molecule has 1 saturated heterocycles. The smallest absolute Gasteiger partial charge is 0.254 e. The predicted octanol–water partition coefficient (Wildman–Crippen LogP) is 3.93.